The molecule has 0 amide bonds. The number of anilines is 1. The van der Waals surface area contributed by atoms with Crippen molar-refractivity contribution in [1.82, 2.24) is 10.1 Å². The first kappa shape index (κ1) is 16.6. The van der Waals surface area contributed by atoms with Crippen LogP contribution in [0.1, 0.15) is 37.3 Å². The molecule has 3 rings (SSSR count). The Morgan fingerprint density at radius 1 is 1.25 bits per heavy atom. The number of ether oxygens (including phenoxy) is 2. The Kier molecular flexibility index (Phi) is 4.94. The number of alkyl halides is 2. The zero-order valence-electron chi connectivity index (χ0n) is 13.5. The van der Waals surface area contributed by atoms with Crippen LogP contribution in [0, 0.1) is 0 Å². The van der Waals surface area contributed by atoms with Gasteiger partial charge in [-0.15, -0.1) is 0 Å². The van der Waals surface area contributed by atoms with Gasteiger partial charge >= 0.3 is 12.6 Å². The van der Waals surface area contributed by atoms with Crippen LogP contribution in [0.3, 0.4) is 0 Å². The van der Waals surface area contributed by atoms with Crippen molar-refractivity contribution in [1.29, 1.82) is 0 Å². The van der Waals surface area contributed by atoms with Crippen molar-refractivity contribution in [3.63, 3.8) is 0 Å². The van der Waals surface area contributed by atoms with Crippen LogP contribution in [0.4, 0.5) is 14.8 Å². The molecule has 1 aliphatic heterocycles. The Morgan fingerprint density at radius 2 is 2.00 bits per heavy atom. The molecule has 130 valence electrons. The van der Waals surface area contributed by atoms with E-state index in [4.69, 9.17) is 9.26 Å². The van der Waals surface area contributed by atoms with Gasteiger partial charge < -0.3 is 18.9 Å². The Bertz CT molecular complexity index is 661. The molecule has 6 nitrogen and oxygen atoms in total. The third-order valence-electron chi connectivity index (χ3n) is 3.76. The molecule has 1 fully saturated rings. The highest BCUT2D eigenvalue weighted by atomic mass is 19.3. The summed E-state index contributed by atoms with van der Waals surface area (Å²) in [7, 11) is 0. The number of rotatable bonds is 5. The molecule has 8 heteroatoms. The van der Waals surface area contributed by atoms with E-state index in [2.05, 4.69) is 14.9 Å². The Labute approximate surface area is 138 Å². The molecule has 2 aromatic rings. The monoisotopic (exact) mass is 339 g/mol. The maximum Gasteiger partial charge on any atom is 0.387 e. The zero-order chi connectivity index (χ0) is 17.1. The van der Waals surface area contributed by atoms with Gasteiger partial charge in [-0.1, -0.05) is 31.1 Å². The van der Waals surface area contributed by atoms with E-state index in [9.17, 15) is 8.78 Å². The molecule has 0 spiro atoms. The molecule has 1 aromatic heterocycles. The number of hydrogen-bond donors (Lipinski definition) is 0. The first-order valence-electron chi connectivity index (χ1n) is 7.78. The standard InChI is InChI=1S/C16H19F2N3O3/c1-10(2)14-19-16(24-20-14)21-7-8-22-13(9-21)11-3-5-12(6-4-11)23-15(17)18/h3-6,10,13,15H,7-9H2,1-2H3/t13-/m1/s1. The van der Waals surface area contributed by atoms with Gasteiger partial charge in [-0.25, -0.2) is 0 Å². The number of hydrogen-bond acceptors (Lipinski definition) is 6. The highest BCUT2D eigenvalue weighted by Gasteiger charge is 2.26. The summed E-state index contributed by atoms with van der Waals surface area (Å²) < 4.78 is 39.8. The summed E-state index contributed by atoms with van der Waals surface area (Å²) in [5, 5.41) is 3.97. The summed E-state index contributed by atoms with van der Waals surface area (Å²) in [6.07, 6.45) is -0.200. The predicted octanol–water partition coefficient (Wildman–Crippen LogP) is 3.37. The maximum absolute atomic E-state index is 12.2. The summed E-state index contributed by atoms with van der Waals surface area (Å²) in [5.74, 6) is 0.989. The third kappa shape index (κ3) is 3.81. The van der Waals surface area contributed by atoms with Crippen molar-refractivity contribution in [2.45, 2.75) is 32.5 Å². The fraction of sp³-hybridized carbons (Fsp3) is 0.500. The average Bonchev–Trinajstić information content (AvgIpc) is 3.05. The van der Waals surface area contributed by atoms with Crippen LogP contribution < -0.4 is 9.64 Å². The molecule has 0 radical (unpaired) electrons. The first-order valence-corrected chi connectivity index (χ1v) is 7.78. The number of morpholine rings is 1. The third-order valence-corrected chi connectivity index (χ3v) is 3.76. The predicted molar refractivity (Wildman–Crippen MR) is 82.4 cm³/mol. The van der Waals surface area contributed by atoms with E-state index in [1.807, 2.05) is 18.7 Å². The molecule has 1 aromatic carbocycles. The lowest BCUT2D eigenvalue weighted by molar-refractivity contribution is -0.0498. The van der Waals surface area contributed by atoms with E-state index in [1.54, 1.807) is 12.1 Å². The van der Waals surface area contributed by atoms with Crippen molar-refractivity contribution in [2.24, 2.45) is 0 Å². The summed E-state index contributed by atoms with van der Waals surface area (Å²) >= 11 is 0. The van der Waals surface area contributed by atoms with E-state index in [0.717, 1.165) is 5.56 Å². The lowest BCUT2D eigenvalue weighted by Gasteiger charge is -2.31. The number of nitrogens with zero attached hydrogens (tertiary/aromatic N) is 3. The van der Waals surface area contributed by atoms with Crippen molar-refractivity contribution in [2.75, 3.05) is 24.6 Å². The Morgan fingerprint density at radius 3 is 2.62 bits per heavy atom. The SMILES string of the molecule is CC(C)c1noc(N2CCO[C@@H](c3ccc(OC(F)F)cc3)C2)n1. The lowest BCUT2D eigenvalue weighted by Crippen LogP contribution is -2.38. The normalized spacial score (nSPS) is 18.4. The number of aromatic nitrogens is 2. The summed E-state index contributed by atoms with van der Waals surface area (Å²) in [6, 6.07) is 6.93. The van der Waals surface area contributed by atoms with Gasteiger partial charge in [0.2, 0.25) is 0 Å². The molecule has 1 aliphatic rings. The Balaban J connectivity index is 1.68. The van der Waals surface area contributed by atoms with Gasteiger partial charge in [-0.05, 0) is 17.7 Å². The Hall–Kier alpha value is -2.22. The quantitative estimate of drug-likeness (QED) is 0.832. The molecule has 24 heavy (non-hydrogen) atoms. The molecule has 0 unspecified atom stereocenters. The fourth-order valence-electron chi connectivity index (χ4n) is 2.48. The van der Waals surface area contributed by atoms with Crippen LogP contribution in [0.5, 0.6) is 5.75 Å². The molecule has 0 N–H and O–H groups in total. The van der Waals surface area contributed by atoms with E-state index >= 15 is 0 Å². The number of benzene rings is 1. The molecular formula is C16H19F2N3O3. The molecule has 0 bridgehead atoms. The van der Waals surface area contributed by atoms with Crippen molar-refractivity contribution < 1.29 is 22.8 Å². The molecule has 2 heterocycles. The van der Waals surface area contributed by atoms with Gasteiger partial charge in [0.05, 0.1) is 13.2 Å². The van der Waals surface area contributed by atoms with E-state index < -0.39 is 6.61 Å². The van der Waals surface area contributed by atoms with Crippen molar-refractivity contribution >= 4 is 6.01 Å². The summed E-state index contributed by atoms with van der Waals surface area (Å²) in [4.78, 5) is 6.37. The van der Waals surface area contributed by atoms with Crippen molar-refractivity contribution in [3.05, 3.63) is 35.7 Å². The van der Waals surface area contributed by atoms with Crippen LogP contribution in [-0.4, -0.2) is 36.4 Å². The molecule has 1 atom stereocenters. The second-order valence-electron chi connectivity index (χ2n) is 5.84. The maximum atomic E-state index is 12.2. The first-order chi connectivity index (χ1) is 11.5. The minimum Gasteiger partial charge on any atom is -0.435 e. The average molecular weight is 339 g/mol. The summed E-state index contributed by atoms with van der Waals surface area (Å²) in [5.41, 5.74) is 0.880. The summed E-state index contributed by atoms with van der Waals surface area (Å²) in [6.45, 7) is 2.89. The smallest absolute Gasteiger partial charge is 0.387 e. The van der Waals surface area contributed by atoms with Crippen LogP contribution in [0.2, 0.25) is 0 Å². The van der Waals surface area contributed by atoms with E-state index in [-0.39, 0.29) is 17.8 Å². The van der Waals surface area contributed by atoms with Crippen molar-refractivity contribution in [3.8, 4) is 5.75 Å². The van der Waals surface area contributed by atoms with Crippen LogP contribution in [0.25, 0.3) is 0 Å². The highest BCUT2D eigenvalue weighted by Crippen LogP contribution is 2.27. The minimum atomic E-state index is -2.83. The highest BCUT2D eigenvalue weighted by molar-refractivity contribution is 5.32. The van der Waals surface area contributed by atoms with Crippen LogP contribution in [0.15, 0.2) is 28.8 Å². The zero-order valence-corrected chi connectivity index (χ0v) is 13.5. The molecule has 0 saturated carbocycles. The van der Waals surface area contributed by atoms with Gasteiger partial charge in [0.25, 0.3) is 0 Å². The van der Waals surface area contributed by atoms with Gasteiger partial charge in [-0.2, -0.15) is 13.8 Å². The van der Waals surface area contributed by atoms with Gasteiger partial charge in [0, 0.05) is 12.5 Å². The van der Waals surface area contributed by atoms with E-state index in [0.29, 0.717) is 31.5 Å². The van der Waals surface area contributed by atoms with E-state index in [1.165, 1.54) is 12.1 Å². The molecule has 0 aliphatic carbocycles. The fourth-order valence-corrected chi connectivity index (χ4v) is 2.48. The second kappa shape index (κ2) is 7.12. The largest absolute Gasteiger partial charge is 0.435 e. The number of halogens is 2. The van der Waals surface area contributed by atoms with Crippen LogP contribution >= 0.6 is 0 Å². The van der Waals surface area contributed by atoms with Gasteiger partial charge in [0.1, 0.15) is 11.9 Å². The van der Waals surface area contributed by atoms with Gasteiger partial charge in [-0.3, -0.25) is 0 Å². The second-order valence-corrected chi connectivity index (χ2v) is 5.84. The molecule has 1 saturated heterocycles. The van der Waals surface area contributed by atoms with Crippen LogP contribution in [-0.2, 0) is 4.74 Å². The topological polar surface area (TPSA) is 60.6 Å². The lowest BCUT2D eigenvalue weighted by atomic mass is 10.1. The van der Waals surface area contributed by atoms with Gasteiger partial charge in [0.15, 0.2) is 5.82 Å². The molecular weight excluding hydrogens is 320 g/mol. The minimum absolute atomic E-state index is 0.125.